The van der Waals surface area contributed by atoms with Crippen molar-refractivity contribution in [1.29, 1.82) is 0 Å². The van der Waals surface area contributed by atoms with Crippen LogP contribution in [-0.2, 0) is 11.2 Å². The minimum Gasteiger partial charge on any atom is -0.482 e. The predicted octanol–water partition coefficient (Wildman–Crippen LogP) is 3.65. The van der Waals surface area contributed by atoms with Gasteiger partial charge in [-0.05, 0) is 49.1 Å². The van der Waals surface area contributed by atoms with Gasteiger partial charge in [-0.25, -0.2) is 4.79 Å². The normalized spacial score (nSPS) is 16.5. The Morgan fingerprint density at radius 2 is 2.00 bits per heavy atom. The van der Waals surface area contributed by atoms with Crippen LogP contribution in [0.15, 0.2) is 48.5 Å². The molecular formula is C20H20ClNO4. The summed E-state index contributed by atoms with van der Waals surface area (Å²) in [5.74, 6) is -0.749. The average Bonchev–Trinajstić information content (AvgIpc) is 3.09. The van der Waals surface area contributed by atoms with Gasteiger partial charge in [-0.15, -0.1) is 0 Å². The molecule has 26 heavy (non-hydrogen) atoms. The maximum Gasteiger partial charge on any atom is 0.341 e. The maximum absolute atomic E-state index is 12.9. The van der Waals surface area contributed by atoms with Gasteiger partial charge in [0.1, 0.15) is 5.75 Å². The van der Waals surface area contributed by atoms with Gasteiger partial charge in [0.2, 0.25) is 0 Å². The lowest BCUT2D eigenvalue weighted by atomic mass is 10.0. The number of ether oxygens (including phenoxy) is 1. The molecule has 1 unspecified atom stereocenters. The standard InChI is InChI=1S/C20H20ClNO4/c21-18-9-2-1-5-14(18)11-16-7-4-10-22(16)20(25)15-6-3-8-17(12-15)26-13-19(23)24/h1-3,5-6,8-9,12,16H,4,7,10-11,13H2,(H,23,24). The Hall–Kier alpha value is -2.53. The molecule has 0 spiro atoms. The molecule has 1 N–H and O–H groups in total. The Balaban J connectivity index is 1.73. The van der Waals surface area contributed by atoms with Crippen molar-refractivity contribution in [1.82, 2.24) is 4.90 Å². The summed E-state index contributed by atoms with van der Waals surface area (Å²) in [5, 5.41) is 9.43. The number of amides is 1. The minimum absolute atomic E-state index is 0.0691. The van der Waals surface area contributed by atoms with E-state index in [1.54, 1.807) is 24.3 Å². The molecule has 1 amide bonds. The number of aliphatic carboxylic acids is 1. The zero-order valence-electron chi connectivity index (χ0n) is 14.2. The van der Waals surface area contributed by atoms with E-state index >= 15 is 0 Å². The molecule has 0 aliphatic carbocycles. The van der Waals surface area contributed by atoms with E-state index in [0.29, 0.717) is 17.9 Å². The van der Waals surface area contributed by atoms with Gasteiger partial charge in [-0.1, -0.05) is 35.9 Å². The molecule has 1 fully saturated rings. The fraction of sp³-hybridized carbons (Fsp3) is 0.300. The first-order valence-electron chi connectivity index (χ1n) is 8.53. The fourth-order valence-corrected chi connectivity index (χ4v) is 3.48. The molecule has 6 heteroatoms. The third-order valence-corrected chi connectivity index (χ3v) is 4.86. The van der Waals surface area contributed by atoms with E-state index in [1.165, 1.54) is 0 Å². The van der Waals surface area contributed by atoms with Crippen molar-refractivity contribution >= 4 is 23.5 Å². The molecule has 136 valence electrons. The zero-order valence-corrected chi connectivity index (χ0v) is 15.0. The van der Waals surface area contributed by atoms with E-state index in [0.717, 1.165) is 29.8 Å². The molecule has 3 rings (SSSR count). The van der Waals surface area contributed by atoms with Gasteiger partial charge in [-0.2, -0.15) is 0 Å². The van der Waals surface area contributed by atoms with Crippen molar-refractivity contribution in [3.05, 3.63) is 64.7 Å². The highest BCUT2D eigenvalue weighted by Gasteiger charge is 2.30. The van der Waals surface area contributed by atoms with Crippen LogP contribution in [0.3, 0.4) is 0 Å². The van der Waals surface area contributed by atoms with E-state index in [-0.39, 0.29) is 11.9 Å². The van der Waals surface area contributed by atoms with E-state index in [4.69, 9.17) is 21.4 Å². The van der Waals surface area contributed by atoms with Gasteiger partial charge < -0.3 is 14.7 Å². The molecule has 1 aliphatic rings. The van der Waals surface area contributed by atoms with E-state index in [1.807, 2.05) is 29.2 Å². The largest absolute Gasteiger partial charge is 0.482 e. The number of carbonyl (C=O) groups is 2. The number of carbonyl (C=O) groups excluding carboxylic acids is 1. The average molecular weight is 374 g/mol. The van der Waals surface area contributed by atoms with Gasteiger partial charge in [-0.3, -0.25) is 4.79 Å². The summed E-state index contributed by atoms with van der Waals surface area (Å²) in [5.41, 5.74) is 1.54. The molecule has 1 saturated heterocycles. The maximum atomic E-state index is 12.9. The number of likely N-dealkylation sites (tertiary alicyclic amines) is 1. The Morgan fingerprint density at radius 1 is 1.19 bits per heavy atom. The van der Waals surface area contributed by atoms with Gasteiger partial charge >= 0.3 is 5.97 Å². The predicted molar refractivity (Wildman–Crippen MR) is 98.8 cm³/mol. The first-order chi connectivity index (χ1) is 12.5. The second-order valence-electron chi connectivity index (χ2n) is 6.30. The molecule has 0 aromatic heterocycles. The number of carboxylic acid groups (broad SMARTS) is 1. The molecule has 0 radical (unpaired) electrons. The smallest absolute Gasteiger partial charge is 0.341 e. The topological polar surface area (TPSA) is 66.8 Å². The number of benzene rings is 2. The van der Waals surface area contributed by atoms with Crippen molar-refractivity contribution < 1.29 is 19.4 Å². The van der Waals surface area contributed by atoms with E-state index < -0.39 is 12.6 Å². The van der Waals surface area contributed by atoms with Crippen LogP contribution in [0.4, 0.5) is 0 Å². The van der Waals surface area contributed by atoms with Crippen molar-refractivity contribution in [3.63, 3.8) is 0 Å². The lowest BCUT2D eigenvalue weighted by Crippen LogP contribution is -2.36. The summed E-state index contributed by atoms with van der Waals surface area (Å²) in [4.78, 5) is 25.5. The quantitative estimate of drug-likeness (QED) is 0.839. The van der Waals surface area contributed by atoms with Crippen molar-refractivity contribution in [2.24, 2.45) is 0 Å². The van der Waals surface area contributed by atoms with Crippen LogP contribution in [0.1, 0.15) is 28.8 Å². The third kappa shape index (κ3) is 4.35. The van der Waals surface area contributed by atoms with Crippen LogP contribution in [0, 0.1) is 0 Å². The van der Waals surface area contributed by atoms with Crippen LogP contribution in [0.25, 0.3) is 0 Å². The summed E-state index contributed by atoms with van der Waals surface area (Å²) in [6.07, 6.45) is 2.61. The van der Waals surface area contributed by atoms with E-state index in [9.17, 15) is 9.59 Å². The van der Waals surface area contributed by atoms with Gasteiger partial charge in [0.05, 0.1) is 0 Å². The second-order valence-corrected chi connectivity index (χ2v) is 6.71. The van der Waals surface area contributed by atoms with Crippen molar-refractivity contribution in [2.45, 2.75) is 25.3 Å². The summed E-state index contributed by atoms with van der Waals surface area (Å²) in [7, 11) is 0. The minimum atomic E-state index is -1.05. The fourth-order valence-electron chi connectivity index (χ4n) is 3.26. The highest BCUT2D eigenvalue weighted by atomic mass is 35.5. The van der Waals surface area contributed by atoms with Crippen molar-refractivity contribution in [3.8, 4) is 5.75 Å². The van der Waals surface area contributed by atoms with Gasteiger partial charge in [0, 0.05) is 23.2 Å². The zero-order chi connectivity index (χ0) is 18.5. The Kier molecular flexibility index (Phi) is 5.78. The lowest BCUT2D eigenvalue weighted by Gasteiger charge is -2.25. The lowest BCUT2D eigenvalue weighted by molar-refractivity contribution is -0.139. The van der Waals surface area contributed by atoms with Gasteiger partial charge in [0.25, 0.3) is 5.91 Å². The van der Waals surface area contributed by atoms with Crippen LogP contribution < -0.4 is 4.74 Å². The molecule has 1 heterocycles. The van der Waals surface area contributed by atoms with Gasteiger partial charge in [0.15, 0.2) is 6.61 Å². The molecule has 1 aliphatic heterocycles. The molecule has 2 aromatic rings. The van der Waals surface area contributed by atoms with E-state index in [2.05, 4.69) is 0 Å². The Morgan fingerprint density at radius 3 is 2.77 bits per heavy atom. The summed E-state index contributed by atoms with van der Waals surface area (Å²) in [6.45, 7) is 0.269. The first-order valence-corrected chi connectivity index (χ1v) is 8.91. The molecular weight excluding hydrogens is 354 g/mol. The highest BCUT2D eigenvalue weighted by Crippen LogP contribution is 2.27. The van der Waals surface area contributed by atoms with Crippen LogP contribution >= 0.6 is 11.6 Å². The molecule has 0 saturated carbocycles. The Labute approximate surface area is 157 Å². The van der Waals surface area contributed by atoms with Crippen molar-refractivity contribution in [2.75, 3.05) is 13.2 Å². The SMILES string of the molecule is O=C(O)COc1cccc(C(=O)N2CCCC2Cc2ccccc2Cl)c1. The Bertz CT molecular complexity index is 808. The second kappa shape index (κ2) is 8.23. The number of rotatable bonds is 6. The summed E-state index contributed by atoms with van der Waals surface area (Å²) in [6, 6.07) is 14.5. The molecule has 1 atom stereocenters. The van der Waals surface area contributed by atoms with Crippen LogP contribution in [0.2, 0.25) is 5.02 Å². The monoisotopic (exact) mass is 373 g/mol. The number of halogens is 1. The first kappa shape index (κ1) is 18.3. The summed E-state index contributed by atoms with van der Waals surface area (Å²) < 4.78 is 5.17. The molecule has 5 nitrogen and oxygen atoms in total. The number of nitrogens with zero attached hydrogens (tertiary/aromatic N) is 1. The van der Waals surface area contributed by atoms with Crippen LogP contribution in [-0.4, -0.2) is 41.1 Å². The number of carboxylic acids is 1. The number of hydrogen-bond acceptors (Lipinski definition) is 3. The third-order valence-electron chi connectivity index (χ3n) is 4.49. The molecule has 0 bridgehead atoms. The number of hydrogen-bond donors (Lipinski definition) is 1. The summed E-state index contributed by atoms with van der Waals surface area (Å²) >= 11 is 6.26. The highest BCUT2D eigenvalue weighted by molar-refractivity contribution is 6.31. The van der Waals surface area contributed by atoms with Crippen LogP contribution in [0.5, 0.6) is 5.75 Å². The molecule has 2 aromatic carbocycles.